The van der Waals surface area contributed by atoms with Gasteiger partial charge in [0.25, 0.3) is 5.91 Å². The van der Waals surface area contributed by atoms with Crippen LogP contribution in [-0.2, 0) is 38.8 Å². The van der Waals surface area contributed by atoms with E-state index in [4.69, 9.17) is 9.51 Å². The van der Waals surface area contributed by atoms with Crippen LogP contribution in [0.25, 0.3) is 22.2 Å². The zero-order valence-electron chi connectivity index (χ0n) is 33.9. The predicted molar refractivity (Wildman–Crippen MR) is 217 cm³/mol. The van der Waals surface area contributed by atoms with Crippen molar-refractivity contribution in [3.8, 4) is 11.1 Å². The van der Waals surface area contributed by atoms with Gasteiger partial charge in [-0.3, -0.25) is 34.2 Å². The Hall–Kier alpha value is -6.29. The number of piperidine rings is 3. The van der Waals surface area contributed by atoms with E-state index in [9.17, 15) is 32.8 Å². The molecule has 2 unspecified atom stereocenters. The van der Waals surface area contributed by atoms with Gasteiger partial charge >= 0.3 is 0 Å². The van der Waals surface area contributed by atoms with Crippen molar-refractivity contribution < 1.29 is 37.3 Å². The maximum absolute atomic E-state index is 14.6. The lowest BCUT2D eigenvalue weighted by molar-refractivity contribution is -0.137. The van der Waals surface area contributed by atoms with Gasteiger partial charge in [-0.25, -0.2) is 13.8 Å². The Morgan fingerprint density at radius 2 is 1.64 bits per heavy atom. The van der Waals surface area contributed by atoms with Crippen LogP contribution >= 0.6 is 0 Å². The molecule has 0 bridgehead atoms. The van der Waals surface area contributed by atoms with Gasteiger partial charge in [0.1, 0.15) is 17.6 Å². The third-order valence-electron chi connectivity index (χ3n) is 13.1. The van der Waals surface area contributed by atoms with Gasteiger partial charge in [-0.2, -0.15) is 0 Å². The Morgan fingerprint density at radius 1 is 0.852 bits per heavy atom. The van der Waals surface area contributed by atoms with Crippen molar-refractivity contribution in [1.82, 2.24) is 34.7 Å². The lowest BCUT2D eigenvalue weighted by atomic mass is 9.98. The number of imide groups is 1. The first-order valence-electron chi connectivity index (χ1n) is 20.9. The van der Waals surface area contributed by atoms with E-state index in [0.717, 1.165) is 56.7 Å². The van der Waals surface area contributed by atoms with Gasteiger partial charge in [-0.1, -0.05) is 17.3 Å². The highest BCUT2D eigenvalue weighted by Crippen LogP contribution is 2.41. The van der Waals surface area contributed by atoms with E-state index in [1.807, 2.05) is 49.1 Å². The Bertz CT molecular complexity index is 2660. The molecular weight excluding hydrogens is 787 g/mol. The molecule has 1 N–H and O–H groups in total. The molecule has 3 aromatic carbocycles. The number of carbonyl (C=O) groups is 5. The number of nitrogens with zero attached hydrogens (tertiary/aromatic N) is 7. The van der Waals surface area contributed by atoms with Crippen molar-refractivity contribution in [3.05, 3.63) is 99.7 Å². The van der Waals surface area contributed by atoms with Crippen LogP contribution in [0, 0.1) is 25.5 Å². The zero-order chi connectivity index (χ0) is 42.3. The lowest BCUT2D eigenvalue weighted by Crippen LogP contribution is -2.52. The van der Waals surface area contributed by atoms with Crippen LogP contribution in [0.5, 0.6) is 0 Å². The molecule has 0 aliphatic carbocycles. The number of carbonyl (C=O) groups excluding carboxylic acids is 5. The molecule has 5 aromatic rings. The summed E-state index contributed by atoms with van der Waals surface area (Å²) in [5, 5.41) is 6.48. The number of aryl methyl sites for hydroxylation is 2. The molecule has 0 saturated carbocycles. The summed E-state index contributed by atoms with van der Waals surface area (Å²) in [5.74, 6) is -1.82. The number of benzene rings is 3. The van der Waals surface area contributed by atoms with Crippen molar-refractivity contribution >= 4 is 46.3 Å². The molecule has 7 heterocycles. The Balaban J connectivity index is 0.868. The van der Waals surface area contributed by atoms with Gasteiger partial charge in [0, 0.05) is 74.5 Å². The first kappa shape index (κ1) is 38.9. The molecule has 14 nitrogen and oxygen atoms in total. The van der Waals surface area contributed by atoms with E-state index in [1.165, 1.54) is 6.07 Å². The number of imidazole rings is 1. The maximum Gasteiger partial charge on any atom is 0.255 e. The smallest absolute Gasteiger partial charge is 0.255 e. The summed E-state index contributed by atoms with van der Waals surface area (Å²) in [6, 6.07) is 12.2. The quantitative estimate of drug-likeness (QED) is 0.201. The van der Waals surface area contributed by atoms with Crippen molar-refractivity contribution in [2.75, 3.05) is 24.5 Å². The molecule has 5 amide bonds. The highest BCUT2D eigenvalue weighted by atomic mass is 19.2. The molecule has 0 spiro atoms. The number of amides is 5. The summed E-state index contributed by atoms with van der Waals surface area (Å²) in [6.07, 6.45) is 3.26. The largest absolute Gasteiger partial charge is 0.361 e. The molecule has 0 radical (unpaired) electrons. The number of hydrogen-bond donors (Lipinski definition) is 1. The van der Waals surface area contributed by atoms with Gasteiger partial charge in [-0.15, -0.1) is 0 Å². The van der Waals surface area contributed by atoms with Gasteiger partial charge < -0.3 is 23.8 Å². The second kappa shape index (κ2) is 15.0. The van der Waals surface area contributed by atoms with E-state index in [2.05, 4.69) is 19.9 Å². The topological polar surface area (TPSA) is 154 Å². The van der Waals surface area contributed by atoms with Crippen molar-refractivity contribution in [3.63, 3.8) is 0 Å². The number of aromatic nitrogens is 3. The summed E-state index contributed by atoms with van der Waals surface area (Å²) in [6.45, 7) is 6.38. The number of hydrogen-bond acceptors (Lipinski definition) is 9. The number of fused-ring (bicyclic) bond motifs is 3. The minimum atomic E-state index is -1.03. The summed E-state index contributed by atoms with van der Waals surface area (Å²) in [4.78, 5) is 77.4. The van der Waals surface area contributed by atoms with Gasteiger partial charge in [-0.05, 0) is 98.5 Å². The summed E-state index contributed by atoms with van der Waals surface area (Å²) in [7, 11) is 0. The maximum atomic E-state index is 14.6. The average Bonchev–Trinajstić information content (AvgIpc) is 4.00. The van der Waals surface area contributed by atoms with Crippen LogP contribution in [0.4, 0.5) is 14.5 Å². The molecule has 10 rings (SSSR count). The molecule has 61 heavy (non-hydrogen) atoms. The number of halogens is 2. The van der Waals surface area contributed by atoms with E-state index < -0.39 is 29.6 Å². The summed E-state index contributed by atoms with van der Waals surface area (Å²) in [5.41, 5.74) is 7.86. The minimum Gasteiger partial charge on any atom is -0.361 e. The number of rotatable bonds is 7. The fourth-order valence-corrected chi connectivity index (χ4v) is 10.2. The minimum absolute atomic E-state index is 0.0149. The number of likely N-dealkylation sites (tertiary alicyclic amines) is 1. The molecule has 5 aliphatic rings. The van der Waals surface area contributed by atoms with Crippen LogP contribution in [0.1, 0.15) is 101 Å². The molecule has 3 saturated heterocycles. The fourth-order valence-electron chi connectivity index (χ4n) is 10.2. The highest BCUT2D eigenvalue weighted by Gasteiger charge is 2.41. The van der Waals surface area contributed by atoms with Crippen LogP contribution < -0.4 is 10.2 Å². The first-order valence-corrected chi connectivity index (χ1v) is 20.9. The van der Waals surface area contributed by atoms with E-state index >= 15 is 0 Å². The highest BCUT2D eigenvalue weighted by molar-refractivity contribution is 6.05. The second-order valence-electron chi connectivity index (χ2n) is 16.9. The summed E-state index contributed by atoms with van der Waals surface area (Å²) >= 11 is 0. The van der Waals surface area contributed by atoms with Crippen LogP contribution in [0.3, 0.4) is 0 Å². The molecule has 5 aliphatic heterocycles. The number of nitrogens with one attached hydrogen (secondary N) is 1. The first-order chi connectivity index (χ1) is 29.4. The molecule has 2 atom stereocenters. The van der Waals surface area contributed by atoms with Gasteiger partial charge in [0.05, 0.1) is 29.3 Å². The number of anilines is 1. The SMILES string of the molecule is Cc1noc(C)c1-c1ccc2c(c1)nc(C1CCCC(=O)N1c1ccc(F)c(F)c1)n2C1CCN(C(=O)CN2Cc3cc4c(cc3C2)C(=O)N(C2CCC(=O)NC2=O)C4)CC1. The molecular formula is C45H44F2N8O6. The van der Waals surface area contributed by atoms with E-state index in [-0.39, 0.29) is 54.7 Å². The third-order valence-corrected chi connectivity index (χ3v) is 13.1. The predicted octanol–water partition coefficient (Wildman–Crippen LogP) is 5.78. The van der Waals surface area contributed by atoms with Gasteiger partial charge in [0.2, 0.25) is 23.6 Å². The molecule has 314 valence electrons. The van der Waals surface area contributed by atoms with Crippen LogP contribution in [0.15, 0.2) is 53.1 Å². The Kier molecular flexibility index (Phi) is 9.57. The average molecular weight is 831 g/mol. The van der Waals surface area contributed by atoms with Crippen molar-refractivity contribution in [2.45, 2.75) is 96.6 Å². The lowest BCUT2D eigenvalue weighted by Gasteiger charge is -2.38. The third kappa shape index (κ3) is 6.76. The zero-order valence-corrected chi connectivity index (χ0v) is 33.9. The van der Waals surface area contributed by atoms with Gasteiger partial charge in [0.15, 0.2) is 11.6 Å². The monoisotopic (exact) mass is 830 g/mol. The van der Waals surface area contributed by atoms with Crippen molar-refractivity contribution in [1.29, 1.82) is 0 Å². The fraction of sp³-hybridized carbons (Fsp3) is 0.400. The molecule has 16 heteroatoms. The van der Waals surface area contributed by atoms with E-state index in [0.29, 0.717) is 82.0 Å². The van der Waals surface area contributed by atoms with Crippen molar-refractivity contribution in [2.24, 2.45) is 0 Å². The second-order valence-corrected chi connectivity index (χ2v) is 16.9. The Labute approximate surface area is 349 Å². The Morgan fingerprint density at radius 3 is 2.38 bits per heavy atom. The summed E-state index contributed by atoms with van der Waals surface area (Å²) < 4.78 is 36.4. The molecule has 2 aromatic heterocycles. The van der Waals surface area contributed by atoms with Crippen LogP contribution in [0.2, 0.25) is 0 Å². The van der Waals surface area contributed by atoms with E-state index in [1.54, 1.807) is 9.80 Å². The normalized spacial score (nSPS) is 21.1. The molecule has 3 fully saturated rings. The standard InChI is InChI=1S/C45H44F2N8O6/c1-24-42(25(2)61-50-24)26-6-9-36-35(18-26)48-43(37-4-3-5-40(57)54(37)31-7-8-33(46)34(47)19-31)55(36)30-12-14-52(15-13-30)41(58)23-51-20-27-16-29-22-53(38-10-11-39(56)49-44(38)59)45(60)32(29)17-28(27)21-51/h6-9,16-19,30,37-38H,3-5,10-15,20-23H2,1-2H3,(H,49,56,59). The van der Waals surface area contributed by atoms with Crippen LogP contribution in [-0.4, -0.2) is 84.6 Å².